The van der Waals surface area contributed by atoms with Gasteiger partial charge in [-0.3, -0.25) is 10.1 Å². The predicted molar refractivity (Wildman–Crippen MR) is 42.6 cm³/mol. The Kier molecular flexibility index (Phi) is 3.75. The molecule has 2 rings (SSSR count). The Balaban J connectivity index is 0.000000980. The van der Waals surface area contributed by atoms with E-state index in [0.29, 0.717) is 11.0 Å². The Morgan fingerprint density at radius 2 is 1.93 bits per heavy atom. The van der Waals surface area contributed by atoms with Gasteiger partial charge in [-0.2, -0.15) is 5.10 Å². The van der Waals surface area contributed by atoms with Gasteiger partial charge in [0.15, 0.2) is 0 Å². The summed E-state index contributed by atoms with van der Waals surface area (Å²) in [6.07, 6.45) is 2.19. The molecule has 0 aliphatic heterocycles. The van der Waals surface area contributed by atoms with Crippen LogP contribution in [0.3, 0.4) is 0 Å². The van der Waals surface area contributed by atoms with Gasteiger partial charge in [-0.05, 0) is 0 Å². The average molecular weight is 225 g/mol. The Morgan fingerprint density at radius 1 is 1.21 bits per heavy atom. The van der Waals surface area contributed by atoms with Gasteiger partial charge in [0.05, 0.1) is 11.7 Å². The van der Waals surface area contributed by atoms with Crippen LogP contribution in [0.25, 0.3) is 11.0 Å². The summed E-state index contributed by atoms with van der Waals surface area (Å²) in [6.45, 7) is -4.98. The number of fused-ring (bicyclic) bond motifs is 1. The maximum absolute atomic E-state index is 12.2. The van der Waals surface area contributed by atoms with Crippen molar-refractivity contribution in [2.24, 2.45) is 0 Å². The number of halogens is 3. The van der Waals surface area contributed by atoms with Crippen molar-refractivity contribution in [1.82, 2.24) is 15.2 Å². The summed E-state index contributed by atoms with van der Waals surface area (Å²) < 4.78 is 36.6. The van der Waals surface area contributed by atoms with Gasteiger partial charge in [0.1, 0.15) is 5.52 Å². The predicted octanol–water partition coefficient (Wildman–Crippen LogP) is -1.98. The smallest absolute Gasteiger partial charge is 0.445 e. The fourth-order valence-corrected chi connectivity index (χ4v) is 1.03. The minimum Gasteiger partial charge on any atom is -0.445 e. The fourth-order valence-electron chi connectivity index (χ4n) is 1.03. The van der Waals surface area contributed by atoms with E-state index >= 15 is 0 Å². The number of hydrogen-bond acceptors (Lipinski definition) is 2. The summed E-state index contributed by atoms with van der Waals surface area (Å²) >= 11 is 0. The molecular formula is C6H4BF3KN3. The van der Waals surface area contributed by atoms with E-state index in [-0.39, 0.29) is 51.4 Å². The zero-order valence-electron chi connectivity index (χ0n) is 7.34. The van der Waals surface area contributed by atoms with Crippen molar-refractivity contribution in [2.45, 2.75) is 0 Å². The van der Waals surface area contributed by atoms with Crippen LogP contribution in [-0.4, -0.2) is 22.2 Å². The molecular weight excluding hydrogens is 221 g/mol. The van der Waals surface area contributed by atoms with Crippen LogP contribution in [0.15, 0.2) is 18.5 Å². The largest absolute Gasteiger partial charge is 1.00 e. The maximum atomic E-state index is 12.2. The van der Waals surface area contributed by atoms with Gasteiger partial charge in [0.25, 0.3) is 0 Å². The molecule has 8 heteroatoms. The molecule has 14 heavy (non-hydrogen) atoms. The normalized spacial score (nSPS) is 11.4. The summed E-state index contributed by atoms with van der Waals surface area (Å²) in [7, 11) is 0. The molecule has 0 aliphatic rings. The van der Waals surface area contributed by atoms with Crippen LogP contribution in [0.2, 0.25) is 0 Å². The van der Waals surface area contributed by atoms with Gasteiger partial charge in [-0.25, -0.2) is 0 Å². The van der Waals surface area contributed by atoms with Crippen LogP contribution in [0.1, 0.15) is 0 Å². The van der Waals surface area contributed by atoms with Crippen LogP contribution in [0, 0.1) is 0 Å². The van der Waals surface area contributed by atoms with Gasteiger partial charge in [0.2, 0.25) is 0 Å². The molecule has 1 N–H and O–H groups in total. The number of aromatic nitrogens is 3. The molecule has 68 valence electrons. The summed E-state index contributed by atoms with van der Waals surface area (Å²) in [5, 5.41) is 6.01. The molecule has 0 aromatic carbocycles. The topological polar surface area (TPSA) is 41.6 Å². The molecule has 0 radical (unpaired) electrons. The van der Waals surface area contributed by atoms with Crippen molar-refractivity contribution in [3.8, 4) is 0 Å². The molecule has 3 nitrogen and oxygen atoms in total. The van der Waals surface area contributed by atoms with Crippen molar-refractivity contribution < 1.29 is 64.3 Å². The van der Waals surface area contributed by atoms with E-state index in [1.54, 1.807) is 0 Å². The maximum Gasteiger partial charge on any atom is 1.00 e. The molecule has 0 saturated heterocycles. The Bertz CT molecular complexity index is 441. The first-order valence-corrected chi connectivity index (χ1v) is 3.56. The summed E-state index contributed by atoms with van der Waals surface area (Å²) in [5.41, 5.74) is 0.0252. The van der Waals surface area contributed by atoms with Gasteiger partial charge in [-0.1, -0.05) is 11.5 Å². The van der Waals surface area contributed by atoms with E-state index in [9.17, 15) is 12.9 Å². The molecule has 0 aliphatic carbocycles. The summed E-state index contributed by atoms with van der Waals surface area (Å²) in [6, 6.07) is 1.01. The minimum atomic E-state index is -4.98. The van der Waals surface area contributed by atoms with E-state index < -0.39 is 12.4 Å². The number of hydrogen-bond donors (Lipinski definition) is 1. The van der Waals surface area contributed by atoms with E-state index in [4.69, 9.17) is 0 Å². The van der Waals surface area contributed by atoms with E-state index in [0.717, 1.165) is 12.3 Å². The first kappa shape index (κ1) is 12.2. The second-order valence-corrected chi connectivity index (χ2v) is 2.65. The van der Waals surface area contributed by atoms with Gasteiger partial charge >= 0.3 is 58.4 Å². The molecule has 0 fully saturated rings. The first-order valence-electron chi connectivity index (χ1n) is 3.56. The van der Waals surface area contributed by atoms with Crippen molar-refractivity contribution in [1.29, 1.82) is 0 Å². The number of nitrogens with one attached hydrogen (secondary N) is 1. The van der Waals surface area contributed by atoms with Crippen molar-refractivity contribution in [3.63, 3.8) is 0 Å². The molecule has 2 heterocycles. The average Bonchev–Trinajstić information content (AvgIpc) is 2.47. The SMILES string of the molecule is F[B-](F)(F)c1cnc2cn[nH]c2c1.[K+]. The Hall–Kier alpha value is 0.111. The summed E-state index contributed by atoms with van der Waals surface area (Å²) in [5.74, 6) is 0. The third kappa shape index (κ3) is 2.37. The van der Waals surface area contributed by atoms with Crippen molar-refractivity contribution in [2.75, 3.05) is 0 Å². The fraction of sp³-hybridized carbons (Fsp3) is 0. The molecule has 0 atom stereocenters. The van der Waals surface area contributed by atoms with Crippen LogP contribution in [0.5, 0.6) is 0 Å². The number of H-pyrrole nitrogens is 1. The molecule has 0 unspecified atom stereocenters. The van der Waals surface area contributed by atoms with E-state index in [1.807, 2.05) is 0 Å². The van der Waals surface area contributed by atoms with Gasteiger partial charge in [0, 0.05) is 6.20 Å². The Labute approximate surface area is 120 Å². The molecule has 2 aromatic rings. The molecule has 0 spiro atoms. The molecule has 0 saturated carbocycles. The zero-order valence-corrected chi connectivity index (χ0v) is 10.5. The molecule has 2 aromatic heterocycles. The minimum absolute atomic E-state index is 0. The van der Waals surface area contributed by atoms with Gasteiger partial charge in [-0.15, -0.1) is 0 Å². The van der Waals surface area contributed by atoms with E-state index in [1.165, 1.54) is 6.20 Å². The molecule has 0 bridgehead atoms. The standard InChI is InChI=1S/C6H4BF3N3.K/c8-7(9,10)4-1-5-6(11-2-4)3-12-13-5;/h1-3H,(H,12,13);/q-1;+1. The van der Waals surface area contributed by atoms with E-state index in [2.05, 4.69) is 15.2 Å². The number of aromatic amines is 1. The van der Waals surface area contributed by atoms with Crippen LogP contribution in [0.4, 0.5) is 12.9 Å². The third-order valence-corrected chi connectivity index (χ3v) is 1.69. The van der Waals surface area contributed by atoms with Crippen LogP contribution < -0.4 is 56.8 Å². The van der Waals surface area contributed by atoms with Crippen molar-refractivity contribution >= 4 is 23.5 Å². The monoisotopic (exact) mass is 225 g/mol. The number of rotatable bonds is 1. The first-order chi connectivity index (χ1) is 6.07. The van der Waals surface area contributed by atoms with Gasteiger partial charge < -0.3 is 12.9 Å². The van der Waals surface area contributed by atoms with Crippen LogP contribution >= 0.6 is 0 Å². The quantitative estimate of drug-likeness (QED) is 0.571. The second-order valence-electron chi connectivity index (χ2n) is 2.65. The van der Waals surface area contributed by atoms with Crippen LogP contribution in [-0.2, 0) is 0 Å². The second kappa shape index (κ2) is 4.32. The number of nitrogens with zero attached hydrogens (tertiary/aromatic N) is 2. The third-order valence-electron chi connectivity index (χ3n) is 1.69. The summed E-state index contributed by atoms with van der Waals surface area (Å²) in [4.78, 5) is 3.61. The Morgan fingerprint density at radius 3 is 2.57 bits per heavy atom. The van der Waals surface area contributed by atoms with Crippen molar-refractivity contribution in [3.05, 3.63) is 18.5 Å². The molecule has 0 amide bonds. The number of pyridine rings is 1. The zero-order chi connectivity index (χ0) is 9.47.